The Labute approximate surface area is 115 Å². The molecule has 1 rings (SSSR count). The van der Waals surface area contributed by atoms with Gasteiger partial charge in [-0.05, 0) is 47.1 Å². The van der Waals surface area contributed by atoms with Gasteiger partial charge in [0.25, 0.3) is 0 Å². The Morgan fingerprint density at radius 1 is 0.947 bits per heavy atom. The third kappa shape index (κ3) is 3.66. The third-order valence-corrected chi connectivity index (χ3v) is 2.96. The highest BCUT2D eigenvalue weighted by Gasteiger charge is 2.44. The fourth-order valence-electron chi connectivity index (χ4n) is 2.21. The van der Waals surface area contributed by atoms with E-state index in [2.05, 4.69) is 0 Å². The molecule has 1 aliphatic rings. The van der Waals surface area contributed by atoms with E-state index in [1.807, 2.05) is 53.7 Å². The van der Waals surface area contributed by atoms with Crippen LogP contribution in [0.4, 0.5) is 0 Å². The van der Waals surface area contributed by atoms with Gasteiger partial charge in [-0.3, -0.25) is 9.59 Å². The summed E-state index contributed by atoms with van der Waals surface area (Å²) in [7, 11) is 0. The van der Waals surface area contributed by atoms with E-state index < -0.39 is 23.8 Å². The van der Waals surface area contributed by atoms with Crippen LogP contribution < -0.4 is 0 Å². The zero-order chi connectivity index (χ0) is 14.7. The van der Waals surface area contributed by atoms with Gasteiger partial charge in [-0.15, -0.1) is 0 Å². The first-order valence-electron chi connectivity index (χ1n) is 6.47. The van der Waals surface area contributed by atoms with Crippen LogP contribution in [0.3, 0.4) is 0 Å². The van der Waals surface area contributed by atoms with E-state index in [4.69, 9.17) is 4.74 Å². The molecule has 3 heteroatoms. The van der Waals surface area contributed by atoms with Gasteiger partial charge in [-0.1, -0.05) is 28.9 Å². The minimum atomic E-state index is -0.512. The predicted octanol–water partition coefficient (Wildman–Crippen LogP) is 3.57. The molecule has 1 heterocycles. The molecular weight excluding hydrogens is 240 g/mol. The van der Waals surface area contributed by atoms with Crippen LogP contribution in [0.25, 0.3) is 0 Å². The zero-order valence-corrected chi connectivity index (χ0v) is 12.5. The van der Waals surface area contributed by atoms with Crippen molar-refractivity contribution in [3.63, 3.8) is 0 Å². The number of cyclic esters (lactones) is 2. The lowest BCUT2D eigenvalue weighted by Gasteiger charge is -2.15. The normalized spacial score (nSPS) is 21.8. The van der Waals surface area contributed by atoms with Crippen LogP contribution in [-0.4, -0.2) is 11.9 Å². The highest BCUT2D eigenvalue weighted by Crippen LogP contribution is 2.34. The van der Waals surface area contributed by atoms with Gasteiger partial charge in [-0.25, -0.2) is 0 Å². The van der Waals surface area contributed by atoms with E-state index in [1.165, 1.54) is 0 Å². The van der Waals surface area contributed by atoms with Crippen LogP contribution in [0.15, 0.2) is 34.4 Å². The lowest BCUT2D eigenvalue weighted by Crippen LogP contribution is -2.19. The van der Waals surface area contributed by atoms with E-state index in [1.54, 1.807) is 0 Å². The SMILES string of the molecule is CC(C)=CC(=C(C)C)[C@@H]1C(=O)OC(=O)[C@@H]1C=C(C)C. The van der Waals surface area contributed by atoms with Crippen molar-refractivity contribution < 1.29 is 14.3 Å². The summed E-state index contributed by atoms with van der Waals surface area (Å²) in [6.07, 6.45) is 3.78. The largest absolute Gasteiger partial charge is 0.392 e. The molecule has 0 bridgehead atoms. The molecule has 0 N–H and O–H groups in total. The number of hydrogen-bond acceptors (Lipinski definition) is 3. The first-order valence-corrected chi connectivity index (χ1v) is 6.47. The van der Waals surface area contributed by atoms with E-state index in [0.717, 1.165) is 22.3 Å². The van der Waals surface area contributed by atoms with Gasteiger partial charge in [0.05, 0.1) is 11.8 Å². The fourth-order valence-corrected chi connectivity index (χ4v) is 2.21. The summed E-state index contributed by atoms with van der Waals surface area (Å²) in [5.74, 6) is -1.90. The van der Waals surface area contributed by atoms with Crippen LogP contribution in [0, 0.1) is 11.8 Å². The quantitative estimate of drug-likeness (QED) is 0.338. The lowest BCUT2D eigenvalue weighted by molar-refractivity contribution is -0.153. The van der Waals surface area contributed by atoms with Crippen LogP contribution in [0.1, 0.15) is 41.5 Å². The Balaban J connectivity index is 3.31. The summed E-state index contributed by atoms with van der Waals surface area (Å²) in [6, 6.07) is 0. The number of carbonyl (C=O) groups is 2. The summed E-state index contributed by atoms with van der Waals surface area (Å²) < 4.78 is 4.81. The molecular formula is C16H22O3. The number of rotatable bonds is 3. The summed E-state index contributed by atoms with van der Waals surface area (Å²) in [5, 5.41) is 0. The van der Waals surface area contributed by atoms with Gasteiger partial charge in [0.2, 0.25) is 0 Å². The lowest BCUT2D eigenvalue weighted by atomic mass is 9.84. The zero-order valence-electron chi connectivity index (χ0n) is 12.5. The van der Waals surface area contributed by atoms with Crippen LogP contribution >= 0.6 is 0 Å². The minimum Gasteiger partial charge on any atom is -0.392 e. The first kappa shape index (κ1) is 15.4. The number of ether oxygens (including phenoxy) is 1. The standard InChI is InChI=1S/C16H22O3/c1-9(2)7-12(11(5)6)14-13(8-10(3)4)15(17)19-16(14)18/h7-8,13-14H,1-6H3/t13-,14+/m1/s1. The molecule has 0 spiro atoms. The van der Waals surface area contributed by atoms with Gasteiger partial charge in [0, 0.05) is 0 Å². The molecule has 0 aromatic carbocycles. The van der Waals surface area contributed by atoms with E-state index in [-0.39, 0.29) is 0 Å². The molecule has 0 amide bonds. The highest BCUT2D eigenvalue weighted by atomic mass is 16.6. The molecule has 1 aliphatic heterocycles. The number of carbonyl (C=O) groups excluding carboxylic acids is 2. The van der Waals surface area contributed by atoms with E-state index >= 15 is 0 Å². The van der Waals surface area contributed by atoms with E-state index in [0.29, 0.717) is 0 Å². The van der Waals surface area contributed by atoms with Crippen molar-refractivity contribution in [3.05, 3.63) is 34.4 Å². The smallest absolute Gasteiger partial charge is 0.322 e. The fraction of sp³-hybridized carbons (Fsp3) is 0.500. The Hall–Kier alpha value is -1.64. The molecule has 1 fully saturated rings. The molecule has 1 saturated heterocycles. The van der Waals surface area contributed by atoms with Crippen molar-refractivity contribution in [1.29, 1.82) is 0 Å². The topological polar surface area (TPSA) is 43.4 Å². The van der Waals surface area contributed by atoms with Crippen molar-refractivity contribution in [1.82, 2.24) is 0 Å². The molecule has 0 saturated carbocycles. The minimum absolute atomic E-state index is 0.443. The molecule has 0 radical (unpaired) electrons. The molecule has 2 atom stereocenters. The second kappa shape index (κ2) is 6.00. The summed E-state index contributed by atoms with van der Waals surface area (Å²) in [4.78, 5) is 23.8. The average molecular weight is 262 g/mol. The van der Waals surface area contributed by atoms with Crippen molar-refractivity contribution in [3.8, 4) is 0 Å². The van der Waals surface area contributed by atoms with Crippen molar-refractivity contribution in [2.75, 3.05) is 0 Å². The van der Waals surface area contributed by atoms with Crippen LogP contribution in [-0.2, 0) is 14.3 Å². The maximum atomic E-state index is 12.0. The Kier molecular flexibility index (Phi) is 4.87. The molecule has 0 unspecified atom stereocenters. The van der Waals surface area contributed by atoms with E-state index in [9.17, 15) is 9.59 Å². The van der Waals surface area contributed by atoms with Gasteiger partial charge in [-0.2, -0.15) is 0 Å². The van der Waals surface area contributed by atoms with Crippen molar-refractivity contribution in [2.45, 2.75) is 41.5 Å². The molecule has 104 valence electrons. The predicted molar refractivity (Wildman–Crippen MR) is 75.3 cm³/mol. The first-order chi connectivity index (χ1) is 8.73. The van der Waals surface area contributed by atoms with Crippen LogP contribution in [0.2, 0.25) is 0 Å². The number of hydrogen-bond donors (Lipinski definition) is 0. The van der Waals surface area contributed by atoms with Gasteiger partial charge in [0.15, 0.2) is 0 Å². The maximum Gasteiger partial charge on any atom is 0.322 e. The van der Waals surface area contributed by atoms with Crippen LogP contribution in [0.5, 0.6) is 0 Å². The third-order valence-electron chi connectivity index (χ3n) is 2.96. The summed E-state index contributed by atoms with van der Waals surface area (Å²) in [6.45, 7) is 11.7. The monoisotopic (exact) mass is 262 g/mol. The van der Waals surface area contributed by atoms with Gasteiger partial charge >= 0.3 is 11.9 Å². The Bertz CT molecular complexity index is 480. The second-order valence-electron chi connectivity index (χ2n) is 5.66. The Morgan fingerprint density at radius 2 is 1.53 bits per heavy atom. The molecule has 0 aliphatic carbocycles. The molecule has 3 nitrogen and oxygen atoms in total. The molecule has 0 aromatic heterocycles. The Morgan fingerprint density at radius 3 is 1.95 bits per heavy atom. The average Bonchev–Trinajstić information content (AvgIpc) is 2.49. The van der Waals surface area contributed by atoms with Crippen molar-refractivity contribution in [2.24, 2.45) is 11.8 Å². The van der Waals surface area contributed by atoms with Gasteiger partial charge in [0.1, 0.15) is 0 Å². The number of esters is 2. The molecule has 19 heavy (non-hydrogen) atoms. The summed E-state index contributed by atoms with van der Waals surface area (Å²) in [5.41, 5.74) is 4.02. The molecule has 0 aromatic rings. The second-order valence-corrected chi connectivity index (χ2v) is 5.66. The highest BCUT2D eigenvalue weighted by molar-refractivity contribution is 5.99. The van der Waals surface area contributed by atoms with Gasteiger partial charge < -0.3 is 4.74 Å². The summed E-state index contributed by atoms with van der Waals surface area (Å²) >= 11 is 0. The maximum absolute atomic E-state index is 12.0. The van der Waals surface area contributed by atoms with Crippen molar-refractivity contribution >= 4 is 11.9 Å². The number of allylic oxidation sites excluding steroid dienone is 4.